The van der Waals surface area contributed by atoms with Crippen LogP contribution in [0.1, 0.15) is 11.3 Å². The Bertz CT molecular complexity index is 1790. The fraction of sp³-hybridized carbons (Fsp3) is 0.240. The number of nitrogens with one attached hydrogen (secondary N) is 1. The minimum atomic E-state index is -5.24. The number of rotatable bonds is 7. The van der Waals surface area contributed by atoms with Crippen LogP contribution < -0.4 is 11.2 Å². The Balaban J connectivity index is 1.83. The third-order valence-corrected chi connectivity index (χ3v) is 7.52. The van der Waals surface area contributed by atoms with E-state index in [1.807, 2.05) is 0 Å². The van der Waals surface area contributed by atoms with Crippen molar-refractivity contribution in [3.05, 3.63) is 89.4 Å². The molecule has 1 aromatic heterocycles. The van der Waals surface area contributed by atoms with E-state index in [0.717, 1.165) is 36.9 Å². The average molecular weight is 644 g/mol. The van der Waals surface area contributed by atoms with Crippen LogP contribution in [0.4, 0.5) is 28.9 Å². The molecule has 3 aromatic rings. The lowest BCUT2D eigenvalue weighted by molar-refractivity contribution is -0.384. The number of amidine groups is 1. The first-order valence-corrected chi connectivity index (χ1v) is 13.2. The zero-order chi connectivity index (χ0) is 31.8. The zero-order valence-electron chi connectivity index (χ0n) is 21.9. The van der Waals surface area contributed by atoms with Gasteiger partial charge in [0.25, 0.3) is 11.2 Å². The molecule has 12 nitrogen and oxygen atoms in total. The Morgan fingerprint density at radius 1 is 1.23 bits per heavy atom. The highest BCUT2D eigenvalue weighted by atomic mass is 35.5. The quantitative estimate of drug-likeness (QED) is 0.176. The molecule has 1 unspecified atom stereocenters. The fourth-order valence-corrected chi connectivity index (χ4v) is 5.39. The molecule has 2 aromatic carbocycles. The number of aromatic nitrogens is 2. The summed E-state index contributed by atoms with van der Waals surface area (Å²) in [4.78, 5) is 67.3. The van der Waals surface area contributed by atoms with E-state index in [9.17, 15) is 42.5 Å². The van der Waals surface area contributed by atoms with Crippen molar-refractivity contribution in [2.24, 2.45) is 12.0 Å². The van der Waals surface area contributed by atoms with Gasteiger partial charge in [-0.05, 0) is 17.7 Å². The van der Waals surface area contributed by atoms with Crippen LogP contribution in [0.2, 0.25) is 5.02 Å². The van der Waals surface area contributed by atoms with E-state index in [2.05, 4.69) is 4.99 Å². The van der Waals surface area contributed by atoms with Crippen molar-refractivity contribution in [1.82, 2.24) is 14.5 Å². The van der Waals surface area contributed by atoms with E-state index >= 15 is 4.39 Å². The molecule has 1 aliphatic rings. The minimum Gasteiger partial charge on any atom is -0.467 e. The summed E-state index contributed by atoms with van der Waals surface area (Å²) in [6.45, 7) is 0. The Hall–Kier alpha value is -4.51. The molecule has 1 aliphatic heterocycles. The normalized spacial score (nSPS) is 15.2. The van der Waals surface area contributed by atoms with Gasteiger partial charge < -0.3 is 4.74 Å². The molecule has 18 heteroatoms. The number of non-ortho nitro benzene ring substituents is 1. The second-order valence-corrected chi connectivity index (χ2v) is 10.3. The summed E-state index contributed by atoms with van der Waals surface area (Å²) in [6.07, 6.45) is -5.41. The standard InChI is InChI=1S/C25H18ClF4N5O7S/c1-33-20(25(28,29)30)19(21(37)32-23(33)39)13-8-16(14(26)9-15(13)27)31-24-34(18(36)10-43-24)17(22(38)42-2)7-11-3-5-12(6-4-11)35(40)41/h3-6,8-9,17H,7,10H2,1-2H3,(H,32,37,39). The van der Waals surface area contributed by atoms with Gasteiger partial charge in [0, 0.05) is 31.2 Å². The summed E-state index contributed by atoms with van der Waals surface area (Å²) < 4.78 is 61.7. The molecule has 1 atom stereocenters. The van der Waals surface area contributed by atoms with Gasteiger partial charge in [-0.3, -0.25) is 34.2 Å². The van der Waals surface area contributed by atoms with E-state index < -0.39 is 67.9 Å². The van der Waals surface area contributed by atoms with Crippen LogP contribution in [-0.4, -0.2) is 55.3 Å². The predicted molar refractivity (Wildman–Crippen MR) is 147 cm³/mol. The van der Waals surface area contributed by atoms with Gasteiger partial charge in [0.2, 0.25) is 5.91 Å². The number of amides is 1. The number of nitro benzene ring substituents is 1. The second-order valence-electron chi connectivity index (χ2n) is 8.94. The highest BCUT2D eigenvalue weighted by Crippen LogP contribution is 2.39. The molecule has 0 aliphatic carbocycles. The number of aromatic amines is 1. The molecule has 1 N–H and O–H groups in total. The maximum atomic E-state index is 15.0. The van der Waals surface area contributed by atoms with Crippen LogP contribution in [0.5, 0.6) is 0 Å². The number of alkyl halides is 3. The lowest BCUT2D eigenvalue weighted by atomic mass is 10.0. The maximum Gasteiger partial charge on any atom is 0.432 e. The highest BCUT2D eigenvalue weighted by Gasteiger charge is 2.41. The van der Waals surface area contributed by atoms with Gasteiger partial charge >= 0.3 is 17.8 Å². The highest BCUT2D eigenvalue weighted by molar-refractivity contribution is 8.15. The van der Waals surface area contributed by atoms with Gasteiger partial charge in [0.15, 0.2) is 5.17 Å². The van der Waals surface area contributed by atoms with Crippen molar-refractivity contribution in [2.75, 3.05) is 12.9 Å². The largest absolute Gasteiger partial charge is 0.467 e. The first-order chi connectivity index (χ1) is 20.1. The Labute approximate surface area is 247 Å². The minimum absolute atomic E-state index is 0.114. The molecule has 1 amide bonds. The Morgan fingerprint density at radius 2 is 1.88 bits per heavy atom. The number of benzene rings is 2. The number of nitrogens with zero attached hydrogens (tertiary/aromatic N) is 4. The number of nitro groups is 1. The molecular formula is C25H18ClF4N5O7S. The summed E-state index contributed by atoms with van der Waals surface area (Å²) in [5, 5.41) is 10.4. The van der Waals surface area contributed by atoms with Crippen molar-refractivity contribution < 1.29 is 36.8 Å². The van der Waals surface area contributed by atoms with Crippen molar-refractivity contribution in [3.63, 3.8) is 0 Å². The topological polar surface area (TPSA) is 157 Å². The number of hydrogen-bond acceptors (Lipinski definition) is 9. The molecule has 0 bridgehead atoms. The molecule has 0 radical (unpaired) electrons. The van der Waals surface area contributed by atoms with E-state index in [1.54, 1.807) is 4.98 Å². The van der Waals surface area contributed by atoms with E-state index in [-0.39, 0.29) is 33.3 Å². The lowest BCUT2D eigenvalue weighted by Gasteiger charge is -2.25. The smallest absolute Gasteiger partial charge is 0.432 e. The van der Waals surface area contributed by atoms with Gasteiger partial charge in [0.05, 0.1) is 34.1 Å². The number of H-pyrrole nitrogens is 1. The number of esters is 1. The van der Waals surface area contributed by atoms with Crippen LogP contribution in [0.3, 0.4) is 0 Å². The summed E-state index contributed by atoms with van der Waals surface area (Å²) in [6, 6.07) is 5.20. The monoisotopic (exact) mass is 643 g/mol. The van der Waals surface area contributed by atoms with Crippen molar-refractivity contribution in [1.29, 1.82) is 0 Å². The SMILES string of the molecule is COC(=O)C(Cc1ccc([N+](=O)[O-])cc1)N1C(=O)CSC1=Nc1cc(-c2c(C(F)(F)F)n(C)c(=O)[nH]c2=O)c(F)cc1Cl. The van der Waals surface area contributed by atoms with Crippen LogP contribution in [0.15, 0.2) is 51.0 Å². The lowest BCUT2D eigenvalue weighted by Crippen LogP contribution is -2.46. The van der Waals surface area contributed by atoms with Gasteiger partial charge in [-0.15, -0.1) is 0 Å². The maximum absolute atomic E-state index is 15.0. The molecule has 4 rings (SSSR count). The van der Waals surface area contributed by atoms with E-state index in [4.69, 9.17) is 16.3 Å². The van der Waals surface area contributed by atoms with E-state index in [0.29, 0.717) is 11.6 Å². The van der Waals surface area contributed by atoms with Crippen LogP contribution >= 0.6 is 23.4 Å². The van der Waals surface area contributed by atoms with Crippen molar-refractivity contribution in [3.8, 4) is 11.1 Å². The number of hydrogen-bond donors (Lipinski definition) is 1. The van der Waals surface area contributed by atoms with Crippen LogP contribution in [0, 0.1) is 15.9 Å². The number of carbonyl (C=O) groups excluding carboxylic acids is 2. The molecule has 0 spiro atoms. The first-order valence-electron chi connectivity index (χ1n) is 11.9. The number of carbonyl (C=O) groups is 2. The third kappa shape index (κ3) is 6.31. The third-order valence-electron chi connectivity index (χ3n) is 6.28. The molecule has 1 fully saturated rings. The van der Waals surface area contributed by atoms with Crippen LogP contribution in [0.25, 0.3) is 11.1 Å². The molecule has 2 heterocycles. The Morgan fingerprint density at radius 3 is 2.47 bits per heavy atom. The summed E-state index contributed by atoms with van der Waals surface area (Å²) in [5.41, 5.74) is -6.86. The number of thioether (sulfide) groups is 1. The molecule has 226 valence electrons. The van der Waals surface area contributed by atoms with Gasteiger partial charge in [-0.2, -0.15) is 13.2 Å². The summed E-state index contributed by atoms with van der Waals surface area (Å²) in [5.74, 6) is -3.02. The number of methoxy groups -OCH3 is 1. The number of ether oxygens (including phenoxy) is 1. The number of halogens is 5. The molecular weight excluding hydrogens is 626 g/mol. The van der Waals surface area contributed by atoms with Gasteiger partial charge in [0.1, 0.15) is 17.6 Å². The molecule has 43 heavy (non-hydrogen) atoms. The Kier molecular flexibility index (Phi) is 8.77. The van der Waals surface area contributed by atoms with E-state index in [1.165, 1.54) is 24.3 Å². The summed E-state index contributed by atoms with van der Waals surface area (Å²) in [7, 11) is 1.82. The average Bonchev–Trinajstić information content (AvgIpc) is 3.29. The number of aliphatic imine (C=N–C) groups is 1. The fourth-order valence-electron chi connectivity index (χ4n) is 4.28. The van der Waals surface area contributed by atoms with Gasteiger partial charge in [-0.1, -0.05) is 35.5 Å². The first kappa shape index (κ1) is 31.4. The van der Waals surface area contributed by atoms with Crippen molar-refractivity contribution >= 4 is 51.8 Å². The predicted octanol–water partition coefficient (Wildman–Crippen LogP) is 3.81. The van der Waals surface area contributed by atoms with Crippen molar-refractivity contribution in [2.45, 2.75) is 18.6 Å². The molecule has 1 saturated heterocycles. The molecule has 0 saturated carbocycles. The second kappa shape index (κ2) is 12.0. The summed E-state index contributed by atoms with van der Waals surface area (Å²) >= 11 is 6.99. The van der Waals surface area contributed by atoms with Gasteiger partial charge in [-0.25, -0.2) is 19.0 Å². The van der Waals surface area contributed by atoms with Crippen LogP contribution in [-0.2, 0) is 34.0 Å². The zero-order valence-corrected chi connectivity index (χ0v) is 23.5.